The number of carbonyl (C=O) groups excluding carboxylic acids is 2. The molecular weight excluding hydrogens is 402 g/mol. The number of nitrogens with zero attached hydrogens (tertiary/aromatic N) is 3. The Kier molecular flexibility index (Phi) is 5.01. The minimum atomic E-state index is -0.182. The van der Waals surface area contributed by atoms with Crippen molar-refractivity contribution in [1.29, 1.82) is 0 Å². The summed E-state index contributed by atoms with van der Waals surface area (Å²) in [4.78, 5) is 29.5. The fourth-order valence-corrected chi connectivity index (χ4v) is 6.51. The first-order chi connectivity index (χ1) is 14.5. The standard InChI is InChI=1S/C22H26ClN5O2/c23-17-2-1-3-18(20(17)28-13-24-12-26-28)27-19(29)4-5-25-21(30)22-9-14-6-15(10-22)8-16(7-14)11-22/h1-3,12-16H,4-11H2,(H,25,30)(H,27,29). The largest absolute Gasteiger partial charge is 0.355 e. The topological polar surface area (TPSA) is 88.9 Å². The van der Waals surface area contributed by atoms with Crippen molar-refractivity contribution in [2.45, 2.75) is 44.9 Å². The van der Waals surface area contributed by atoms with Crippen LogP contribution >= 0.6 is 11.6 Å². The number of amides is 2. The van der Waals surface area contributed by atoms with E-state index in [-0.39, 0.29) is 23.7 Å². The van der Waals surface area contributed by atoms with Gasteiger partial charge in [0, 0.05) is 18.4 Å². The van der Waals surface area contributed by atoms with E-state index in [1.807, 2.05) is 0 Å². The van der Waals surface area contributed by atoms with Gasteiger partial charge in [0.05, 0.1) is 10.7 Å². The van der Waals surface area contributed by atoms with Crippen molar-refractivity contribution >= 4 is 29.1 Å². The van der Waals surface area contributed by atoms with Crippen LogP contribution in [0.15, 0.2) is 30.9 Å². The van der Waals surface area contributed by atoms with E-state index >= 15 is 0 Å². The Labute approximate surface area is 180 Å². The summed E-state index contributed by atoms with van der Waals surface area (Å²) in [6.07, 6.45) is 10.2. The highest BCUT2D eigenvalue weighted by atomic mass is 35.5. The van der Waals surface area contributed by atoms with Gasteiger partial charge < -0.3 is 10.6 Å². The van der Waals surface area contributed by atoms with E-state index in [9.17, 15) is 9.59 Å². The molecule has 30 heavy (non-hydrogen) atoms. The van der Waals surface area contributed by atoms with Gasteiger partial charge in [-0.25, -0.2) is 9.67 Å². The molecule has 0 unspecified atom stereocenters. The molecule has 0 atom stereocenters. The number of aromatic nitrogens is 3. The number of hydrogen-bond donors (Lipinski definition) is 2. The number of carbonyl (C=O) groups is 2. The van der Waals surface area contributed by atoms with Crippen LogP contribution in [-0.4, -0.2) is 33.1 Å². The van der Waals surface area contributed by atoms with Crippen molar-refractivity contribution in [3.63, 3.8) is 0 Å². The number of para-hydroxylation sites is 1. The second-order valence-corrected chi connectivity index (χ2v) is 9.64. The molecule has 0 saturated heterocycles. The third kappa shape index (κ3) is 3.60. The van der Waals surface area contributed by atoms with Crippen LogP contribution in [0.2, 0.25) is 5.02 Å². The lowest BCUT2D eigenvalue weighted by atomic mass is 9.49. The molecular formula is C22H26ClN5O2. The van der Waals surface area contributed by atoms with Crippen molar-refractivity contribution in [3.8, 4) is 5.69 Å². The number of benzene rings is 1. The van der Waals surface area contributed by atoms with Gasteiger partial charge in [-0.3, -0.25) is 9.59 Å². The van der Waals surface area contributed by atoms with Gasteiger partial charge in [-0.05, 0) is 68.4 Å². The Balaban J connectivity index is 1.18. The van der Waals surface area contributed by atoms with Crippen molar-refractivity contribution in [3.05, 3.63) is 35.9 Å². The van der Waals surface area contributed by atoms with Crippen LogP contribution in [0.3, 0.4) is 0 Å². The van der Waals surface area contributed by atoms with Gasteiger partial charge in [0.1, 0.15) is 18.3 Å². The number of nitrogens with one attached hydrogen (secondary N) is 2. The Morgan fingerprint density at radius 1 is 1.13 bits per heavy atom. The van der Waals surface area contributed by atoms with Crippen molar-refractivity contribution in [2.75, 3.05) is 11.9 Å². The molecule has 6 rings (SSSR count). The molecule has 4 bridgehead atoms. The Morgan fingerprint density at radius 2 is 1.83 bits per heavy atom. The van der Waals surface area contributed by atoms with Gasteiger partial charge >= 0.3 is 0 Å². The number of rotatable bonds is 6. The summed E-state index contributed by atoms with van der Waals surface area (Å²) in [7, 11) is 0. The highest BCUT2D eigenvalue weighted by molar-refractivity contribution is 6.33. The predicted molar refractivity (Wildman–Crippen MR) is 113 cm³/mol. The van der Waals surface area contributed by atoms with Crippen LogP contribution in [0.25, 0.3) is 5.69 Å². The number of hydrogen-bond acceptors (Lipinski definition) is 4. The first-order valence-corrected chi connectivity index (χ1v) is 11.1. The molecule has 4 saturated carbocycles. The van der Waals surface area contributed by atoms with Crippen LogP contribution < -0.4 is 10.6 Å². The predicted octanol–water partition coefficient (Wildman–Crippen LogP) is 3.58. The molecule has 8 heteroatoms. The lowest BCUT2D eigenvalue weighted by Gasteiger charge is -2.55. The molecule has 2 aromatic rings. The van der Waals surface area contributed by atoms with Gasteiger partial charge in [-0.1, -0.05) is 17.7 Å². The molecule has 4 aliphatic rings. The highest BCUT2D eigenvalue weighted by Gasteiger charge is 2.54. The van der Waals surface area contributed by atoms with E-state index < -0.39 is 0 Å². The lowest BCUT2D eigenvalue weighted by Crippen LogP contribution is -2.53. The number of anilines is 1. The zero-order valence-corrected chi connectivity index (χ0v) is 17.6. The third-order valence-electron chi connectivity index (χ3n) is 7.07. The molecule has 2 amide bonds. The van der Waals surface area contributed by atoms with E-state index in [0.29, 0.717) is 22.9 Å². The first kappa shape index (κ1) is 19.5. The van der Waals surface area contributed by atoms with E-state index in [4.69, 9.17) is 11.6 Å². The summed E-state index contributed by atoms with van der Waals surface area (Å²) in [5, 5.41) is 10.5. The summed E-state index contributed by atoms with van der Waals surface area (Å²) in [6.45, 7) is 0.339. The smallest absolute Gasteiger partial charge is 0.226 e. The maximum Gasteiger partial charge on any atom is 0.226 e. The first-order valence-electron chi connectivity index (χ1n) is 10.7. The summed E-state index contributed by atoms with van der Waals surface area (Å²) in [6, 6.07) is 5.28. The van der Waals surface area contributed by atoms with Gasteiger partial charge in [-0.15, -0.1) is 0 Å². The van der Waals surface area contributed by atoms with Gasteiger partial charge in [0.15, 0.2) is 0 Å². The van der Waals surface area contributed by atoms with Crippen LogP contribution in [0.1, 0.15) is 44.9 Å². The SMILES string of the molecule is O=C(CCNC(=O)C12CC3CC(CC(C3)C1)C2)Nc1cccc(Cl)c1-n1cncn1. The highest BCUT2D eigenvalue weighted by Crippen LogP contribution is 2.60. The second kappa shape index (κ2) is 7.69. The molecule has 1 aromatic carbocycles. The monoisotopic (exact) mass is 427 g/mol. The number of halogens is 1. The fraction of sp³-hybridized carbons (Fsp3) is 0.545. The summed E-state index contributed by atoms with van der Waals surface area (Å²) < 4.78 is 1.52. The van der Waals surface area contributed by atoms with Crippen molar-refractivity contribution in [2.24, 2.45) is 23.2 Å². The maximum atomic E-state index is 13.0. The van der Waals surface area contributed by atoms with Gasteiger partial charge in [0.2, 0.25) is 11.8 Å². The molecule has 1 aromatic heterocycles. The Hall–Kier alpha value is -2.41. The fourth-order valence-electron chi connectivity index (χ4n) is 6.25. The zero-order valence-electron chi connectivity index (χ0n) is 16.8. The molecule has 4 aliphatic carbocycles. The molecule has 0 radical (unpaired) electrons. The minimum absolute atomic E-state index is 0.153. The van der Waals surface area contributed by atoms with E-state index in [1.165, 1.54) is 36.6 Å². The lowest BCUT2D eigenvalue weighted by molar-refractivity contribution is -0.146. The molecule has 0 aliphatic heterocycles. The van der Waals surface area contributed by atoms with E-state index in [2.05, 4.69) is 20.7 Å². The Bertz CT molecular complexity index is 923. The molecule has 158 valence electrons. The van der Waals surface area contributed by atoms with Gasteiger partial charge in [-0.2, -0.15) is 5.10 Å². The van der Waals surface area contributed by atoms with E-state index in [1.54, 1.807) is 18.2 Å². The van der Waals surface area contributed by atoms with Crippen LogP contribution in [0, 0.1) is 23.2 Å². The van der Waals surface area contributed by atoms with Crippen molar-refractivity contribution < 1.29 is 9.59 Å². The quantitative estimate of drug-likeness (QED) is 0.737. The summed E-state index contributed by atoms with van der Waals surface area (Å²) in [5.41, 5.74) is 0.950. The molecule has 0 spiro atoms. The average molecular weight is 428 g/mol. The van der Waals surface area contributed by atoms with Crippen LogP contribution in [0.4, 0.5) is 5.69 Å². The minimum Gasteiger partial charge on any atom is -0.355 e. The van der Waals surface area contributed by atoms with Crippen molar-refractivity contribution in [1.82, 2.24) is 20.1 Å². The normalized spacial score (nSPS) is 29.0. The molecule has 4 fully saturated rings. The Morgan fingerprint density at radius 3 is 2.47 bits per heavy atom. The second-order valence-electron chi connectivity index (χ2n) is 9.23. The molecule has 1 heterocycles. The van der Waals surface area contributed by atoms with Gasteiger partial charge in [0.25, 0.3) is 0 Å². The summed E-state index contributed by atoms with van der Waals surface area (Å²) >= 11 is 6.30. The van der Waals surface area contributed by atoms with Crippen LogP contribution in [-0.2, 0) is 9.59 Å². The average Bonchev–Trinajstić information content (AvgIpc) is 3.21. The molecule has 2 N–H and O–H groups in total. The maximum absolute atomic E-state index is 13.0. The zero-order chi connectivity index (χ0) is 20.7. The van der Waals surface area contributed by atoms with Crippen LogP contribution in [0.5, 0.6) is 0 Å². The summed E-state index contributed by atoms with van der Waals surface area (Å²) in [5.74, 6) is 2.15. The van der Waals surface area contributed by atoms with E-state index in [0.717, 1.165) is 37.0 Å². The third-order valence-corrected chi connectivity index (χ3v) is 7.37. The molecule has 7 nitrogen and oxygen atoms in total.